The van der Waals surface area contributed by atoms with Crippen molar-refractivity contribution in [3.05, 3.63) is 109 Å². The highest BCUT2D eigenvalue weighted by Gasteiger charge is 2.24. The third-order valence-corrected chi connectivity index (χ3v) is 11.0. The Kier molecular flexibility index (Phi) is 46.8. The van der Waals surface area contributed by atoms with Gasteiger partial charge in [0.1, 0.15) is 6.10 Å². The van der Waals surface area contributed by atoms with Crippen LogP contribution in [-0.4, -0.2) is 46.9 Å². The minimum absolute atomic E-state index is 0.0146. The van der Waals surface area contributed by atoms with E-state index in [0.717, 1.165) is 89.9 Å². The van der Waals surface area contributed by atoms with Gasteiger partial charge >= 0.3 is 5.97 Å². The molecular formula is C57H95NO5. The number of ether oxygens (including phenoxy) is 1. The monoisotopic (exact) mass is 874 g/mol. The third-order valence-electron chi connectivity index (χ3n) is 11.0. The van der Waals surface area contributed by atoms with Gasteiger partial charge in [-0.2, -0.15) is 0 Å². The summed E-state index contributed by atoms with van der Waals surface area (Å²) in [5.74, 6) is -0.573. The number of carbonyl (C=O) groups excluding carboxylic acids is 2. The van der Waals surface area contributed by atoms with Gasteiger partial charge in [0.15, 0.2) is 0 Å². The van der Waals surface area contributed by atoms with E-state index < -0.39 is 18.2 Å². The Morgan fingerprint density at radius 3 is 1.51 bits per heavy atom. The zero-order valence-corrected chi connectivity index (χ0v) is 40.7. The summed E-state index contributed by atoms with van der Waals surface area (Å²) in [6.07, 6.45) is 67.2. The highest BCUT2D eigenvalue weighted by atomic mass is 16.5. The Bertz CT molecular complexity index is 1300. The number of aliphatic hydroxyl groups excluding tert-OH is 2. The molecule has 0 spiro atoms. The van der Waals surface area contributed by atoms with Crippen LogP contribution in [0.15, 0.2) is 109 Å². The molecule has 0 aromatic rings. The minimum Gasteiger partial charge on any atom is -0.462 e. The van der Waals surface area contributed by atoms with E-state index in [1.165, 1.54) is 77.0 Å². The van der Waals surface area contributed by atoms with Crippen molar-refractivity contribution < 1.29 is 24.5 Å². The summed E-state index contributed by atoms with van der Waals surface area (Å²) < 4.78 is 5.89. The molecule has 3 unspecified atom stereocenters. The maximum atomic E-state index is 13.2. The molecular weight excluding hydrogens is 779 g/mol. The van der Waals surface area contributed by atoms with Crippen molar-refractivity contribution in [2.45, 2.75) is 232 Å². The SMILES string of the molecule is CC\C=C/C=C/C=C/C=C\C=C\C=C\CCCC(CC(=O)NC(CO)C(O)CCCCCCCCCCCCCCC)OC(=O)CCCCCCCC/C=C/C/C=C/C/C=C/CC. The summed E-state index contributed by atoms with van der Waals surface area (Å²) in [6.45, 7) is 6.19. The van der Waals surface area contributed by atoms with Crippen LogP contribution in [0.2, 0.25) is 0 Å². The molecule has 0 fully saturated rings. The van der Waals surface area contributed by atoms with Crippen LogP contribution in [0.25, 0.3) is 0 Å². The van der Waals surface area contributed by atoms with Gasteiger partial charge in [-0.15, -0.1) is 0 Å². The Morgan fingerprint density at radius 2 is 0.952 bits per heavy atom. The lowest BCUT2D eigenvalue weighted by Gasteiger charge is -2.24. The molecule has 0 aliphatic rings. The highest BCUT2D eigenvalue weighted by Crippen LogP contribution is 2.17. The normalized spacial score (nSPS) is 14.2. The van der Waals surface area contributed by atoms with Crippen LogP contribution < -0.4 is 5.32 Å². The zero-order chi connectivity index (χ0) is 45.9. The van der Waals surface area contributed by atoms with Crippen molar-refractivity contribution in [1.29, 1.82) is 0 Å². The fourth-order valence-corrected chi connectivity index (χ4v) is 7.19. The van der Waals surface area contributed by atoms with Crippen LogP contribution in [0, 0.1) is 0 Å². The first-order valence-corrected chi connectivity index (χ1v) is 25.7. The molecule has 0 aromatic heterocycles. The molecule has 0 saturated carbocycles. The number of allylic oxidation sites excluding steroid dienone is 18. The van der Waals surface area contributed by atoms with E-state index in [9.17, 15) is 19.8 Å². The average molecular weight is 874 g/mol. The van der Waals surface area contributed by atoms with Crippen molar-refractivity contribution in [1.82, 2.24) is 5.32 Å². The number of esters is 1. The smallest absolute Gasteiger partial charge is 0.306 e. The molecule has 6 nitrogen and oxygen atoms in total. The predicted molar refractivity (Wildman–Crippen MR) is 273 cm³/mol. The van der Waals surface area contributed by atoms with E-state index in [-0.39, 0.29) is 24.9 Å². The first kappa shape index (κ1) is 59.5. The summed E-state index contributed by atoms with van der Waals surface area (Å²) in [5, 5.41) is 23.7. The molecule has 0 heterocycles. The van der Waals surface area contributed by atoms with E-state index in [2.05, 4.69) is 74.7 Å². The predicted octanol–water partition coefficient (Wildman–Crippen LogP) is 15.5. The lowest BCUT2D eigenvalue weighted by atomic mass is 10.0. The maximum Gasteiger partial charge on any atom is 0.306 e. The van der Waals surface area contributed by atoms with Gasteiger partial charge in [-0.1, -0.05) is 239 Å². The fourth-order valence-electron chi connectivity index (χ4n) is 7.19. The Hall–Kier alpha value is -3.48. The van der Waals surface area contributed by atoms with Crippen LogP contribution >= 0.6 is 0 Å². The molecule has 63 heavy (non-hydrogen) atoms. The van der Waals surface area contributed by atoms with Crippen molar-refractivity contribution in [2.75, 3.05) is 6.61 Å². The van der Waals surface area contributed by atoms with Gasteiger partial charge in [0.05, 0.1) is 25.2 Å². The molecule has 0 aliphatic carbocycles. The van der Waals surface area contributed by atoms with Crippen molar-refractivity contribution in [3.63, 3.8) is 0 Å². The van der Waals surface area contributed by atoms with E-state index in [1.54, 1.807) is 0 Å². The van der Waals surface area contributed by atoms with Crippen molar-refractivity contribution >= 4 is 11.9 Å². The molecule has 3 atom stereocenters. The molecule has 358 valence electrons. The van der Waals surface area contributed by atoms with Gasteiger partial charge < -0.3 is 20.3 Å². The van der Waals surface area contributed by atoms with Gasteiger partial charge in [0.2, 0.25) is 5.91 Å². The number of unbranched alkanes of at least 4 members (excludes halogenated alkanes) is 19. The Labute approximate surface area is 388 Å². The van der Waals surface area contributed by atoms with Crippen LogP contribution in [0.1, 0.15) is 213 Å². The summed E-state index contributed by atoms with van der Waals surface area (Å²) >= 11 is 0. The van der Waals surface area contributed by atoms with Gasteiger partial charge in [0, 0.05) is 6.42 Å². The first-order valence-electron chi connectivity index (χ1n) is 25.7. The second-order valence-electron chi connectivity index (χ2n) is 17.0. The quantitative estimate of drug-likeness (QED) is 0.0245. The number of aliphatic hydroxyl groups is 2. The summed E-state index contributed by atoms with van der Waals surface area (Å²) in [4.78, 5) is 26.1. The molecule has 0 rings (SSSR count). The fraction of sp³-hybridized carbons (Fsp3) is 0.649. The molecule has 1 amide bonds. The van der Waals surface area contributed by atoms with Crippen LogP contribution in [0.5, 0.6) is 0 Å². The summed E-state index contributed by atoms with van der Waals surface area (Å²) in [5.41, 5.74) is 0. The van der Waals surface area contributed by atoms with Crippen LogP contribution in [0.3, 0.4) is 0 Å². The van der Waals surface area contributed by atoms with Gasteiger partial charge in [-0.05, 0) is 70.6 Å². The van der Waals surface area contributed by atoms with E-state index in [4.69, 9.17) is 4.74 Å². The summed E-state index contributed by atoms with van der Waals surface area (Å²) in [7, 11) is 0. The molecule has 0 aliphatic heterocycles. The van der Waals surface area contributed by atoms with Crippen LogP contribution in [-0.2, 0) is 14.3 Å². The topological polar surface area (TPSA) is 95.9 Å². The molecule has 0 saturated heterocycles. The molecule has 0 aromatic carbocycles. The Morgan fingerprint density at radius 1 is 0.492 bits per heavy atom. The number of nitrogens with one attached hydrogen (secondary N) is 1. The van der Waals surface area contributed by atoms with Crippen molar-refractivity contribution in [3.8, 4) is 0 Å². The number of rotatable bonds is 44. The number of hydrogen-bond acceptors (Lipinski definition) is 5. The van der Waals surface area contributed by atoms with Gasteiger partial charge in [-0.3, -0.25) is 9.59 Å². The number of amides is 1. The number of hydrogen-bond donors (Lipinski definition) is 3. The van der Waals surface area contributed by atoms with E-state index in [0.29, 0.717) is 19.3 Å². The summed E-state index contributed by atoms with van der Waals surface area (Å²) in [6, 6.07) is -0.735. The highest BCUT2D eigenvalue weighted by molar-refractivity contribution is 5.77. The second-order valence-corrected chi connectivity index (χ2v) is 17.0. The Balaban J connectivity index is 4.76. The van der Waals surface area contributed by atoms with Crippen molar-refractivity contribution in [2.24, 2.45) is 0 Å². The van der Waals surface area contributed by atoms with E-state index >= 15 is 0 Å². The molecule has 0 radical (unpaired) electrons. The zero-order valence-electron chi connectivity index (χ0n) is 40.7. The maximum absolute atomic E-state index is 13.2. The van der Waals surface area contributed by atoms with Crippen LogP contribution in [0.4, 0.5) is 0 Å². The number of carbonyl (C=O) groups is 2. The van der Waals surface area contributed by atoms with Gasteiger partial charge in [-0.25, -0.2) is 0 Å². The lowest BCUT2D eigenvalue weighted by Crippen LogP contribution is -2.46. The van der Waals surface area contributed by atoms with Gasteiger partial charge in [0.25, 0.3) is 0 Å². The average Bonchev–Trinajstić information content (AvgIpc) is 3.28. The third kappa shape index (κ3) is 44.9. The second kappa shape index (κ2) is 49.5. The largest absolute Gasteiger partial charge is 0.462 e. The standard InChI is InChI=1S/C57H95NO5/c1-4-7-10-13-16-19-22-25-27-29-32-35-38-41-44-47-50-57(62)63-53(48-45-42-39-36-33-31-28-26-23-20-17-14-11-8-5-2)51-56(61)58-54(52-59)55(60)49-46-43-40-37-34-30-24-21-18-15-12-9-6-3/h7-8,10-11,14,16-17,19-20,23,25-28,31,33,36,39,53-55,59-60H,4-6,9,12-13,15,18,21-22,24,29-30,32,34-35,37-38,40-52H2,1-3H3,(H,58,61)/b10-7+,11-8-,17-14+,19-16+,23-20+,27-25+,28-26-,33-31+,39-36+. The first-order chi connectivity index (χ1) is 31.0. The molecule has 0 bridgehead atoms. The molecule has 6 heteroatoms. The lowest BCUT2D eigenvalue weighted by molar-refractivity contribution is -0.151. The molecule has 3 N–H and O–H groups in total. The minimum atomic E-state index is -0.816. The van der Waals surface area contributed by atoms with E-state index in [1.807, 2.05) is 60.8 Å².